The summed E-state index contributed by atoms with van der Waals surface area (Å²) in [5.74, 6) is 0. The van der Waals surface area contributed by atoms with Gasteiger partial charge < -0.3 is 10.2 Å². The second-order valence-electron chi connectivity index (χ2n) is 2.80. The molecule has 0 saturated heterocycles. The summed E-state index contributed by atoms with van der Waals surface area (Å²) in [6.45, 7) is 6.76. The Morgan fingerprint density at radius 3 is 2.00 bits per heavy atom. The number of aliphatic hydroxyl groups excluding tert-OH is 1. The molecule has 0 aliphatic heterocycles. The van der Waals surface area contributed by atoms with E-state index in [9.17, 15) is 5.11 Å². The summed E-state index contributed by atoms with van der Waals surface area (Å²) in [4.78, 5) is 1.80. The minimum absolute atomic E-state index is 0.0951. The van der Waals surface area contributed by atoms with Gasteiger partial charge in [0.2, 0.25) is 0 Å². The fraction of sp³-hybridized carbons (Fsp3) is 1.00. The second kappa shape index (κ2) is 3.91. The molecule has 0 aliphatic rings. The van der Waals surface area contributed by atoms with E-state index in [1.54, 1.807) is 18.7 Å². The number of aliphatic hydroxyl groups is 2. The Balaban J connectivity index is 3.81. The van der Waals surface area contributed by atoms with Gasteiger partial charge in [-0.05, 0) is 20.4 Å². The summed E-state index contributed by atoms with van der Waals surface area (Å²) in [5, 5.41) is 18.0. The zero-order valence-corrected chi connectivity index (χ0v) is 6.96. The van der Waals surface area contributed by atoms with Gasteiger partial charge in [0.05, 0.1) is 6.61 Å². The topological polar surface area (TPSA) is 43.7 Å². The fourth-order valence-electron chi connectivity index (χ4n) is 0.939. The number of rotatable bonds is 4. The molecule has 10 heavy (non-hydrogen) atoms. The first-order chi connectivity index (χ1) is 4.52. The molecule has 0 amide bonds. The zero-order valence-electron chi connectivity index (χ0n) is 6.96. The molecule has 2 N–H and O–H groups in total. The van der Waals surface area contributed by atoms with Crippen LogP contribution in [0.4, 0.5) is 0 Å². The van der Waals surface area contributed by atoms with Crippen LogP contribution in [0.2, 0.25) is 0 Å². The molecule has 0 heterocycles. The predicted octanol–water partition coefficient (Wildman–Crippen LogP) is 0.0290. The lowest BCUT2D eigenvalue weighted by atomic mass is 10.2. The summed E-state index contributed by atoms with van der Waals surface area (Å²) in [5.41, 5.74) is -0.808. The Hall–Kier alpha value is -0.120. The first-order valence-corrected chi connectivity index (χ1v) is 3.60. The molecule has 0 aromatic heterocycles. The Morgan fingerprint density at radius 2 is 1.90 bits per heavy atom. The highest BCUT2D eigenvalue weighted by atomic mass is 16.3. The van der Waals surface area contributed by atoms with E-state index in [1.165, 1.54) is 0 Å². The van der Waals surface area contributed by atoms with E-state index in [0.717, 1.165) is 6.54 Å². The van der Waals surface area contributed by atoms with Gasteiger partial charge in [-0.15, -0.1) is 0 Å². The van der Waals surface area contributed by atoms with Crippen LogP contribution >= 0.6 is 0 Å². The smallest absolute Gasteiger partial charge is 0.112 e. The second-order valence-corrected chi connectivity index (χ2v) is 2.80. The van der Waals surface area contributed by atoms with Crippen LogP contribution in [0.25, 0.3) is 0 Å². The molecule has 0 aromatic carbocycles. The van der Waals surface area contributed by atoms with Crippen molar-refractivity contribution in [2.24, 2.45) is 0 Å². The molecule has 0 atom stereocenters. The molecule has 0 bridgehead atoms. The van der Waals surface area contributed by atoms with E-state index >= 15 is 0 Å². The minimum Gasteiger partial charge on any atom is -0.395 e. The van der Waals surface area contributed by atoms with Gasteiger partial charge in [0, 0.05) is 6.54 Å². The third-order valence-electron chi connectivity index (χ3n) is 1.53. The highest BCUT2D eigenvalue weighted by molar-refractivity contribution is 4.66. The lowest BCUT2D eigenvalue weighted by Gasteiger charge is -2.32. The Labute approximate surface area is 62.3 Å². The number of nitrogens with zero attached hydrogens (tertiary/aromatic N) is 1. The van der Waals surface area contributed by atoms with Gasteiger partial charge in [-0.25, -0.2) is 0 Å². The Kier molecular flexibility index (Phi) is 3.86. The SMILES string of the molecule is CCN(CCO)C(C)(C)O. The van der Waals surface area contributed by atoms with Crippen molar-refractivity contribution in [3.8, 4) is 0 Å². The van der Waals surface area contributed by atoms with Crippen molar-refractivity contribution in [1.82, 2.24) is 4.90 Å². The van der Waals surface area contributed by atoms with Crippen LogP contribution in [0.1, 0.15) is 20.8 Å². The van der Waals surface area contributed by atoms with E-state index in [4.69, 9.17) is 5.11 Å². The molecule has 0 unspecified atom stereocenters. The van der Waals surface area contributed by atoms with Gasteiger partial charge in [-0.2, -0.15) is 0 Å². The molecule has 0 fully saturated rings. The lowest BCUT2D eigenvalue weighted by molar-refractivity contribution is -0.0806. The summed E-state index contributed by atoms with van der Waals surface area (Å²) in [7, 11) is 0. The van der Waals surface area contributed by atoms with Crippen LogP contribution in [0, 0.1) is 0 Å². The predicted molar refractivity (Wildman–Crippen MR) is 40.6 cm³/mol. The van der Waals surface area contributed by atoms with Crippen molar-refractivity contribution in [3.63, 3.8) is 0 Å². The molecule has 3 nitrogen and oxygen atoms in total. The normalized spacial score (nSPS) is 12.6. The maximum absolute atomic E-state index is 9.42. The highest BCUT2D eigenvalue weighted by Crippen LogP contribution is 2.07. The number of hydrogen-bond donors (Lipinski definition) is 2. The van der Waals surface area contributed by atoms with Crippen LogP contribution in [-0.2, 0) is 0 Å². The van der Waals surface area contributed by atoms with E-state index in [1.807, 2.05) is 6.92 Å². The quantitative estimate of drug-likeness (QED) is 0.551. The Morgan fingerprint density at radius 1 is 1.40 bits per heavy atom. The fourth-order valence-corrected chi connectivity index (χ4v) is 0.939. The van der Waals surface area contributed by atoms with Gasteiger partial charge in [0.1, 0.15) is 5.72 Å². The number of hydrogen-bond acceptors (Lipinski definition) is 3. The van der Waals surface area contributed by atoms with Gasteiger partial charge in [0.15, 0.2) is 0 Å². The molecular formula is C7H17NO2. The summed E-state index contributed by atoms with van der Waals surface area (Å²) >= 11 is 0. The molecule has 3 heteroatoms. The van der Waals surface area contributed by atoms with Crippen LogP contribution in [-0.4, -0.2) is 40.5 Å². The Bertz CT molecular complexity index is 88.1. The molecule has 0 saturated carbocycles. The lowest BCUT2D eigenvalue weighted by Crippen LogP contribution is -2.45. The zero-order chi connectivity index (χ0) is 8.20. The van der Waals surface area contributed by atoms with E-state index in [0.29, 0.717) is 6.54 Å². The maximum atomic E-state index is 9.42. The van der Waals surface area contributed by atoms with Crippen LogP contribution in [0.5, 0.6) is 0 Å². The largest absolute Gasteiger partial charge is 0.395 e. The van der Waals surface area contributed by atoms with Crippen molar-refractivity contribution in [2.75, 3.05) is 19.7 Å². The first-order valence-electron chi connectivity index (χ1n) is 3.60. The van der Waals surface area contributed by atoms with Crippen LogP contribution in [0.3, 0.4) is 0 Å². The van der Waals surface area contributed by atoms with Crippen molar-refractivity contribution in [2.45, 2.75) is 26.5 Å². The van der Waals surface area contributed by atoms with Gasteiger partial charge in [0.25, 0.3) is 0 Å². The summed E-state index contributed by atoms with van der Waals surface area (Å²) < 4.78 is 0. The summed E-state index contributed by atoms with van der Waals surface area (Å²) in [6, 6.07) is 0. The monoisotopic (exact) mass is 147 g/mol. The van der Waals surface area contributed by atoms with Crippen LogP contribution in [0.15, 0.2) is 0 Å². The van der Waals surface area contributed by atoms with Crippen molar-refractivity contribution in [3.05, 3.63) is 0 Å². The standard InChI is InChI=1S/C7H17NO2/c1-4-8(5-6-9)7(2,3)10/h9-10H,4-6H2,1-3H3. The minimum atomic E-state index is -0.808. The summed E-state index contributed by atoms with van der Waals surface area (Å²) in [6.07, 6.45) is 0. The molecule has 0 radical (unpaired) electrons. The first kappa shape index (κ1) is 9.88. The molecule has 0 spiro atoms. The molecule has 0 aromatic rings. The van der Waals surface area contributed by atoms with Gasteiger partial charge in [-0.1, -0.05) is 6.92 Å². The third-order valence-corrected chi connectivity index (χ3v) is 1.53. The molecular weight excluding hydrogens is 130 g/mol. The van der Waals surface area contributed by atoms with Crippen molar-refractivity contribution in [1.29, 1.82) is 0 Å². The maximum Gasteiger partial charge on any atom is 0.112 e. The number of likely N-dealkylation sites (N-methyl/N-ethyl adjacent to an activating group) is 1. The van der Waals surface area contributed by atoms with Crippen LogP contribution < -0.4 is 0 Å². The molecule has 62 valence electrons. The van der Waals surface area contributed by atoms with E-state index in [-0.39, 0.29) is 6.61 Å². The average molecular weight is 147 g/mol. The molecule has 0 aliphatic carbocycles. The van der Waals surface area contributed by atoms with Gasteiger partial charge >= 0.3 is 0 Å². The highest BCUT2D eigenvalue weighted by Gasteiger charge is 2.20. The van der Waals surface area contributed by atoms with E-state index in [2.05, 4.69) is 0 Å². The van der Waals surface area contributed by atoms with Crippen molar-refractivity contribution >= 4 is 0 Å². The van der Waals surface area contributed by atoms with E-state index < -0.39 is 5.72 Å². The molecule has 0 rings (SSSR count). The van der Waals surface area contributed by atoms with Crippen molar-refractivity contribution < 1.29 is 10.2 Å². The van der Waals surface area contributed by atoms with Gasteiger partial charge in [-0.3, -0.25) is 4.90 Å². The average Bonchev–Trinajstić information content (AvgIpc) is 1.80. The third kappa shape index (κ3) is 3.15.